The summed E-state index contributed by atoms with van der Waals surface area (Å²) >= 11 is 1.77. The first-order valence-corrected chi connectivity index (χ1v) is 21.9. The Morgan fingerprint density at radius 3 is 1.96 bits per heavy atom. The number of aliphatic hydroxyl groups is 2. The second kappa shape index (κ2) is 27.5. The maximum absolute atomic E-state index is 12.8. The van der Waals surface area contributed by atoms with Gasteiger partial charge in [0.05, 0.1) is 19.3 Å². The number of amides is 1. The Morgan fingerprint density at radius 1 is 0.880 bits per heavy atom. The van der Waals surface area contributed by atoms with Gasteiger partial charge in [-0.25, -0.2) is 14.2 Å². The first kappa shape index (κ1) is 45.1. The van der Waals surface area contributed by atoms with Gasteiger partial charge in [0.2, 0.25) is 5.82 Å². The zero-order valence-corrected chi connectivity index (χ0v) is 32.4. The predicted molar refractivity (Wildman–Crippen MR) is 197 cm³/mol. The number of ether oxygens (including phenoxy) is 2. The molecular formula is C35H67N4O9PS. The molecule has 6 atom stereocenters. The molecule has 0 saturated carbocycles. The first-order chi connectivity index (χ1) is 24.2. The monoisotopic (exact) mass is 750 g/mol. The van der Waals surface area contributed by atoms with Crippen LogP contribution in [0.4, 0.5) is 0 Å². The molecule has 5 N–H and O–H groups in total. The van der Waals surface area contributed by atoms with Gasteiger partial charge < -0.3 is 30.3 Å². The molecule has 1 aromatic rings. The second-order valence-electron chi connectivity index (χ2n) is 13.5. The first-order valence-electron chi connectivity index (χ1n) is 19.2. The van der Waals surface area contributed by atoms with Crippen molar-refractivity contribution in [2.45, 2.75) is 173 Å². The van der Waals surface area contributed by atoms with Gasteiger partial charge in [-0.3, -0.25) is 13.8 Å². The molecule has 292 valence electrons. The smallest absolute Gasteiger partial charge is 0.387 e. The second-order valence-corrected chi connectivity index (χ2v) is 16.1. The number of phosphoric ester groups is 1. The molecule has 4 unspecified atom stereocenters. The summed E-state index contributed by atoms with van der Waals surface area (Å²) in [5.74, 6) is 0.487. The zero-order chi connectivity index (χ0) is 36.5. The average Bonchev–Trinajstić information content (AvgIpc) is 3.70. The molecule has 0 bridgehead atoms. The molecule has 0 aliphatic carbocycles. The number of phosphoric acid groups is 1. The number of nitrogens with two attached hydrogens (primary N) is 1. The van der Waals surface area contributed by atoms with E-state index in [-0.39, 0.29) is 18.5 Å². The van der Waals surface area contributed by atoms with Crippen LogP contribution in [0.3, 0.4) is 0 Å². The van der Waals surface area contributed by atoms with Gasteiger partial charge in [-0.05, 0) is 18.6 Å². The van der Waals surface area contributed by atoms with Crippen LogP contribution < -0.4 is 5.73 Å². The van der Waals surface area contributed by atoms with Crippen molar-refractivity contribution in [3.8, 4) is 0 Å². The van der Waals surface area contributed by atoms with Crippen LogP contribution in [0.5, 0.6) is 0 Å². The van der Waals surface area contributed by atoms with Gasteiger partial charge >= 0.3 is 7.82 Å². The maximum Gasteiger partial charge on any atom is 0.472 e. The lowest BCUT2D eigenvalue weighted by Crippen LogP contribution is -2.34. The molecule has 0 aromatic carbocycles. The summed E-state index contributed by atoms with van der Waals surface area (Å²) in [5.41, 5.74) is 5.17. The number of aromatic nitrogens is 3. The fourth-order valence-corrected chi connectivity index (χ4v) is 7.66. The summed E-state index contributed by atoms with van der Waals surface area (Å²) in [5, 5.41) is 24.7. The molecule has 1 amide bonds. The van der Waals surface area contributed by atoms with Crippen molar-refractivity contribution in [3.05, 3.63) is 12.2 Å². The number of carbonyl (C=O) groups is 1. The number of unbranched alkanes of at least 4 members (excludes halogenated alkanes) is 18. The third-order valence-electron chi connectivity index (χ3n) is 8.95. The third-order valence-corrected chi connectivity index (χ3v) is 11.1. The predicted octanol–water partition coefficient (Wildman–Crippen LogP) is 7.09. The fourth-order valence-electron chi connectivity index (χ4n) is 5.87. The highest BCUT2D eigenvalue weighted by atomic mass is 32.2. The molecule has 50 heavy (non-hydrogen) atoms. The standard InChI is InChI=1S/C35H67N4O9PS/c1-3-5-7-9-11-13-14-16-18-20-22-24-50-27-29(45-23-21-19-17-15-12-10-8-6-4-2)25-46-49(43,44)47-26-30-31(40)32(41)35(48-30)39-28-37-34(38-39)33(36)42/h28-32,35,40-41H,3-27H2,1-2H3,(H2,36,42)(H,43,44)/t29?,30-,31?,32?,35-/m1/s1. The largest absolute Gasteiger partial charge is 0.472 e. The van der Waals surface area contributed by atoms with E-state index in [0.717, 1.165) is 36.0 Å². The highest BCUT2D eigenvalue weighted by Gasteiger charge is 2.45. The molecule has 13 nitrogen and oxygen atoms in total. The van der Waals surface area contributed by atoms with E-state index in [0.29, 0.717) is 12.4 Å². The summed E-state index contributed by atoms with van der Waals surface area (Å²) in [6.07, 6.45) is 20.6. The number of rotatable bonds is 33. The minimum Gasteiger partial charge on any atom is -0.387 e. The molecule has 2 rings (SSSR count). The van der Waals surface area contributed by atoms with Crippen molar-refractivity contribution in [2.75, 3.05) is 31.3 Å². The lowest BCUT2D eigenvalue weighted by molar-refractivity contribution is -0.0600. The number of hydrogen-bond donors (Lipinski definition) is 4. The van der Waals surface area contributed by atoms with E-state index in [1.807, 2.05) is 0 Å². The molecular weight excluding hydrogens is 683 g/mol. The van der Waals surface area contributed by atoms with Gasteiger partial charge in [-0.2, -0.15) is 11.8 Å². The van der Waals surface area contributed by atoms with E-state index in [9.17, 15) is 24.5 Å². The Hall–Kier alpha value is -1.09. The van der Waals surface area contributed by atoms with Gasteiger partial charge in [-0.1, -0.05) is 129 Å². The lowest BCUT2D eigenvalue weighted by atomic mass is 10.1. The van der Waals surface area contributed by atoms with Gasteiger partial charge in [0.25, 0.3) is 5.91 Å². The molecule has 1 aliphatic heterocycles. The van der Waals surface area contributed by atoms with Crippen LogP contribution in [-0.2, 0) is 23.1 Å². The van der Waals surface area contributed by atoms with Crippen LogP contribution in [0.25, 0.3) is 0 Å². The average molecular weight is 751 g/mol. The van der Waals surface area contributed by atoms with Crippen molar-refractivity contribution in [3.63, 3.8) is 0 Å². The van der Waals surface area contributed by atoms with E-state index < -0.39 is 44.9 Å². The quantitative estimate of drug-likeness (QED) is 0.0422. The normalized spacial score (nSPS) is 21.1. The minimum atomic E-state index is -4.54. The Labute approximate surface area is 304 Å². The van der Waals surface area contributed by atoms with Gasteiger partial charge in [0.15, 0.2) is 6.23 Å². The van der Waals surface area contributed by atoms with Gasteiger partial charge in [0, 0.05) is 12.4 Å². The number of carbonyl (C=O) groups excluding carboxylic acids is 1. The Bertz CT molecular complexity index is 1060. The van der Waals surface area contributed by atoms with Crippen molar-refractivity contribution >= 4 is 25.5 Å². The molecule has 0 radical (unpaired) electrons. The van der Waals surface area contributed by atoms with Crippen LogP contribution >= 0.6 is 19.6 Å². The van der Waals surface area contributed by atoms with Crippen LogP contribution in [0.1, 0.15) is 159 Å². The van der Waals surface area contributed by atoms with E-state index in [1.54, 1.807) is 11.8 Å². The summed E-state index contributed by atoms with van der Waals surface area (Å²) in [7, 11) is -4.54. The fraction of sp³-hybridized carbons (Fsp3) is 0.914. The van der Waals surface area contributed by atoms with Crippen molar-refractivity contribution < 1.29 is 43.0 Å². The van der Waals surface area contributed by atoms with E-state index in [1.165, 1.54) is 109 Å². The summed E-state index contributed by atoms with van der Waals surface area (Å²) < 4.78 is 36.0. The Balaban J connectivity index is 1.73. The van der Waals surface area contributed by atoms with Crippen molar-refractivity contribution in [1.82, 2.24) is 14.8 Å². The third kappa shape index (κ3) is 19.7. The highest BCUT2D eigenvalue weighted by Crippen LogP contribution is 2.44. The van der Waals surface area contributed by atoms with Crippen LogP contribution in [0.15, 0.2) is 6.33 Å². The van der Waals surface area contributed by atoms with E-state index in [2.05, 4.69) is 23.9 Å². The van der Waals surface area contributed by atoms with Gasteiger partial charge in [0.1, 0.15) is 24.6 Å². The number of hydrogen-bond acceptors (Lipinski definition) is 11. The number of thioether (sulfide) groups is 1. The number of aliphatic hydroxyl groups excluding tert-OH is 2. The topological polar surface area (TPSA) is 188 Å². The molecule has 1 aliphatic rings. The highest BCUT2D eigenvalue weighted by molar-refractivity contribution is 7.99. The molecule has 2 heterocycles. The van der Waals surface area contributed by atoms with E-state index >= 15 is 0 Å². The molecule has 1 fully saturated rings. The summed E-state index contributed by atoms with van der Waals surface area (Å²) in [4.78, 5) is 25.5. The number of primary amides is 1. The van der Waals surface area contributed by atoms with Crippen LogP contribution in [0.2, 0.25) is 0 Å². The minimum absolute atomic E-state index is 0.120. The van der Waals surface area contributed by atoms with E-state index in [4.69, 9.17) is 24.3 Å². The molecule has 15 heteroatoms. The van der Waals surface area contributed by atoms with Crippen molar-refractivity contribution in [1.29, 1.82) is 0 Å². The Kier molecular flexibility index (Phi) is 24.8. The zero-order valence-electron chi connectivity index (χ0n) is 30.7. The van der Waals surface area contributed by atoms with Gasteiger partial charge in [-0.15, -0.1) is 5.10 Å². The molecule has 1 aromatic heterocycles. The SMILES string of the molecule is CCCCCCCCCCCCCSCC(COP(=O)(O)OC[C@H]1O[C@@H](n2cnc(C(N)=O)n2)C(O)C1O)OCCCCCCCCCCC. The molecule has 0 spiro atoms. The summed E-state index contributed by atoms with van der Waals surface area (Å²) in [6, 6.07) is 0. The van der Waals surface area contributed by atoms with Crippen LogP contribution in [0, 0.1) is 0 Å². The molecule has 1 saturated heterocycles. The Morgan fingerprint density at radius 2 is 1.42 bits per heavy atom. The van der Waals surface area contributed by atoms with Crippen molar-refractivity contribution in [2.24, 2.45) is 5.73 Å². The maximum atomic E-state index is 12.8. The van der Waals surface area contributed by atoms with Crippen LogP contribution in [-0.4, -0.2) is 91.5 Å². The summed E-state index contributed by atoms with van der Waals surface area (Å²) in [6.45, 7) is 4.38. The number of nitrogens with zero attached hydrogens (tertiary/aromatic N) is 3. The lowest BCUT2D eigenvalue weighted by Gasteiger charge is -2.21.